The number of aliphatic hydroxyl groups excluding tert-OH is 1. The first kappa shape index (κ1) is 40.7. The predicted molar refractivity (Wildman–Crippen MR) is 214 cm³/mol. The number of rotatable bonds is 9. The van der Waals surface area contributed by atoms with Gasteiger partial charge in [-0.1, -0.05) is 109 Å². The number of thiophene rings is 1. The number of pyridine rings is 1. The molecule has 0 amide bonds. The summed E-state index contributed by atoms with van der Waals surface area (Å²) in [5, 5.41) is 14.6. The van der Waals surface area contributed by atoms with E-state index in [1.54, 1.807) is 0 Å². The van der Waals surface area contributed by atoms with Gasteiger partial charge < -0.3 is 9.84 Å². The Balaban J connectivity index is 0.000000312. The summed E-state index contributed by atoms with van der Waals surface area (Å²) in [5.74, 6) is 1.48. The molecule has 3 aromatic carbocycles. The normalized spacial score (nSPS) is 15.1. The van der Waals surface area contributed by atoms with Gasteiger partial charge in [0.05, 0.1) is 11.5 Å². The smallest absolute Gasteiger partial charge is 0.162 e. The van der Waals surface area contributed by atoms with Gasteiger partial charge in [-0.25, -0.2) is 0 Å². The van der Waals surface area contributed by atoms with Gasteiger partial charge in [-0.2, -0.15) is 0 Å². The van der Waals surface area contributed by atoms with Crippen molar-refractivity contribution in [2.45, 2.75) is 119 Å². The van der Waals surface area contributed by atoms with Gasteiger partial charge in [0.2, 0.25) is 0 Å². The Labute approximate surface area is 323 Å². The number of ketones is 1. The zero-order valence-corrected chi connectivity index (χ0v) is 35.6. The Morgan fingerprint density at radius 2 is 1.57 bits per heavy atom. The molecule has 6 heteroatoms. The van der Waals surface area contributed by atoms with Crippen LogP contribution < -0.4 is 4.74 Å². The molecule has 0 saturated carbocycles. The molecule has 0 unspecified atom stereocenters. The average molecular weight is 883 g/mol. The van der Waals surface area contributed by atoms with Crippen LogP contribution in [0.2, 0.25) is 0 Å². The van der Waals surface area contributed by atoms with Crippen molar-refractivity contribution in [1.29, 1.82) is 0 Å². The number of aliphatic hydroxyl groups is 1. The van der Waals surface area contributed by atoms with E-state index < -0.39 is 0 Å². The maximum absolute atomic E-state index is 11.7. The molecule has 0 atom stereocenters. The van der Waals surface area contributed by atoms with Crippen LogP contribution in [0.15, 0.2) is 66.6 Å². The van der Waals surface area contributed by atoms with Gasteiger partial charge in [-0.15, -0.1) is 28.9 Å². The van der Waals surface area contributed by atoms with E-state index in [0.29, 0.717) is 0 Å². The van der Waals surface area contributed by atoms with Crippen molar-refractivity contribution in [3.8, 4) is 17.0 Å². The molecule has 275 valence electrons. The molecule has 1 N–H and O–H groups in total. The van der Waals surface area contributed by atoms with Crippen molar-refractivity contribution in [1.82, 2.24) is 4.98 Å². The summed E-state index contributed by atoms with van der Waals surface area (Å²) in [7, 11) is 0. The Bertz CT molecular complexity index is 2040. The van der Waals surface area contributed by atoms with E-state index in [4.69, 9.17) is 9.72 Å². The summed E-state index contributed by atoms with van der Waals surface area (Å²) in [4.78, 5) is 16.6. The molecule has 1 radical (unpaired) electrons. The molecule has 1 aliphatic rings. The van der Waals surface area contributed by atoms with E-state index in [9.17, 15) is 9.90 Å². The summed E-state index contributed by atoms with van der Waals surface area (Å²) in [6.07, 6.45) is 7.91. The molecular weight excluding hydrogens is 827 g/mol. The zero-order chi connectivity index (χ0) is 36.6. The Kier molecular flexibility index (Phi) is 12.7. The molecule has 51 heavy (non-hydrogen) atoms. The van der Waals surface area contributed by atoms with Crippen LogP contribution in [0.3, 0.4) is 0 Å². The third kappa shape index (κ3) is 8.14. The first-order chi connectivity index (χ1) is 23.6. The fraction of sp³-hybridized carbons (Fsp3) is 0.467. The zero-order valence-electron chi connectivity index (χ0n) is 32.4. The van der Waals surface area contributed by atoms with E-state index in [-0.39, 0.29) is 59.9 Å². The number of benzene rings is 3. The van der Waals surface area contributed by atoms with Crippen LogP contribution in [-0.2, 0) is 36.7 Å². The first-order valence-corrected chi connectivity index (χ1v) is 19.3. The van der Waals surface area contributed by atoms with Gasteiger partial charge in [0.25, 0.3) is 0 Å². The van der Waals surface area contributed by atoms with Gasteiger partial charge >= 0.3 is 0 Å². The van der Waals surface area contributed by atoms with Crippen molar-refractivity contribution in [3.63, 3.8) is 0 Å². The van der Waals surface area contributed by atoms with Crippen LogP contribution in [0, 0.1) is 23.3 Å². The van der Waals surface area contributed by atoms with E-state index in [2.05, 4.69) is 103 Å². The molecule has 5 aromatic rings. The number of hydrogen-bond acceptors (Lipinski definition) is 5. The number of aromatic nitrogens is 1. The second-order valence-corrected chi connectivity index (χ2v) is 17.2. The van der Waals surface area contributed by atoms with Crippen molar-refractivity contribution in [3.05, 3.63) is 83.8 Å². The first-order valence-electron chi connectivity index (χ1n) is 18.5. The van der Waals surface area contributed by atoms with Crippen LogP contribution in [0.5, 0.6) is 5.75 Å². The van der Waals surface area contributed by atoms with Crippen LogP contribution in [0.4, 0.5) is 0 Å². The van der Waals surface area contributed by atoms with Crippen molar-refractivity contribution in [2.24, 2.45) is 17.3 Å². The number of ether oxygens (including phenoxy) is 1. The van der Waals surface area contributed by atoms with Crippen molar-refractivity contribution < 1.29 is 34.7 Å². The number of hydrogen-bond donors (Lipinski definition) is 1. The van der Waals surface area contributed by atoms with Gasteiger partial charge in [-0.05, 0) is 79.8 Å². The third-order valence-electron chi connectivity index (χ3n) is 10.9. The summed E-state index contributed by atoms with van der Waals surface area (Å²) in [6, 6.07) is 21.4. The van der Waals surface area contributed by atoms with E-state index in [1.807, 2.05) is 45.2 Å². The maximum Gasteiger partial charge on any atom is 0.162 e. The monoisotopic (exact) mass is 883 g/mol. The van der Waals surface area contributed by atoms with Crippen molar-refractivity contribution in [2.75, 3.05) is 0 Å². The predicted octanol–water partition coefficient (Wildman–Crippen LogP) is 13.0. The van der Waals surface area contributed by atoms with E-state index in [0.717, 1.165) is 54.5 Å². The molecule has 2 aromatic heterocycles. The molecule has 3 heterocycles. The number of carbonyl (C=O) groups is 1. The minimum absolute atomic E-state index is 0. The quantitative estimate of drug-likeness (QED) is 0.0910. The summed E-state index contributed by atoms with van der Waals surface area (Å²) in [6.45, 7) is 23.9. The van der Waals surface area contributed by atoms with Gasteiger partial charge in [0.15, 0.2) is 5.78 Å². The Morgan fingerprint density at radius 3 is 2.20 bits per heavy atom. The molecule has 0 aliphatic carbocycles. The molecule has 0 bridgehead atoms. The minimum atomic E-state index is -0.335. The van der Waals surface area contributed by atoms with Gasteiger partial charge in [-0.3, -0.25) is 9.78 Å². The van der Waals surface area contributed by atoms with Crippen LogP contribution in [0.1, 0.15) is 113 Å². The third-order valence-corrected chi connectivity index (χ3v) is 12.1. The topological polar surface area (TPSA) is 59.4 Å². The fourth-order valence-corrected chi connectivity index (χ4v) is 8.51. The largest absolute Gasteiger partial charge is 0.521 e. The van der Waals surface area contributed by atoms with Gasteiger partial charge in [0, 0.05) is 64.7 Å². The molecule has 0 saturated heterocycles. The van der Waals surface area contributed by atoms with E-state index >= 15 is 0 Å². The number of allylic oxidation sites excluding steroid dienone is 2. The fourth-order valence-electron chi connectivity index (χ4n) is 7.25. The molecule has 0 fully saturated rings. The SMILES string of the molecule is CC(C)(C)Cc1ccc2c(c1)sc1c(-c3[c-]c4ccccc4c4c3OC(C)(C)C4(C)C)nccc12.CCC(CC)C(=O)/C=C(\O)C(CC)CC.[Ir]. The molecule has 6 rings (SSSR count). The number of carbonyl (C=O) groups excluding carboxylic acids is 1. The summed E-state index contributed by atoms with van der Waals surface area (Å²) >= 11 is 1.84. The minimum Gasteiger partial charge on any atom is -0.521 e. The van der Waals surface area contributed by atoms with Crippen LogP contribution >= 0.6 is 11.3 Å². The molecule has 0 spiro atoms. The Morgan fingerprint density at radius 1 is 0.922 bits per heavy atom. The number of nitrogens with zero attached hydrogens (tertiary/aromatic N) is 1. The summed E-state index contributed by atoms with van der Waals surface area (Å²) in [5.41, 5.74) is 4.37. The van der Waals surface area contributed by atoms with E-state index in [1.165, 1.54) is 42.8 Å². The van der Waals surface area contributed by atoms with Crippen LogP contribution in [0.25, 0.3) is 42.2 Å². The number of fused-ring (bicyclic) bond motifs is 6. The molecular formula is C45H56IrNO3S-. The Hall–Kier alpha value is -3.05. The van der Waals surface area contributed by atoms with Crippen LogP contribution in [-0.4, -0.2) is 21.5 Å². The molecule has 1 aliphatic heterocycles. The molecule has 4 nitrogen and oxygen atoms in total. The second kappa shape index (κ2) is 15.9. The average Bonchev–Trinajstić information content (AvgIpc) is 3.51. The maximum atomic E-state index is 11.7. The van der Waals surface area contributed by atoms with Crippen molar-refractivity contribution >= 4 is 48.1 Å². The summed E-state index contributed by atoms with van der Waals surface area (Å²) < 4.78 is 9.25. The van der Waals surface area contributed by atoms with Gasteiger partial charge in [0.1, 0.15) is 5.60 Å². The second-order valence-electron chi connectivity index (χ2n) is 16.2. The standard InChI is InChI=1S/C32H32NOS.C13H24O2.Ir/c1-30(2,3)18-19-12-13-22-23-14-15-33-27(29(23)35-25(22)16-19)24-17-20-10-8-9-11-21(20)26-28(24)34-32(6,7)31(26,4)5;1-5-10(6-2)12(14)9-13(15)11(7-3)8-4;/h8-16H,18H2,1-7H3;9-11,14H,5-8H2,1-4H3;/q-1;;/b;12-9-;.